The van der Waals surface area contributed by atoms with E-state index in [1.54, 1.807) is 23.1 Å². The van der Waals surface area contributed by atoms with Gasteiger partial charge in [0, 0.05) is 12.2 Å². The van der Waals surface area contributed by atoms with Gasteiger partial charge in [-0.05, 0) is 30.5 Å². The number of hydrogen-bond acceptors (Lipinski definition) is 3. The number of hydrogen-bond donors (Lipinski definition) is 2. The van der Waals surface area contributed by atoms with Crippen LogP contribution < -0.4 is 16.0 Å². The Kier molecular flexibility index (Phi) is 7.80. The van der Waals surface area contributed by atoms with E-state index in [1.165, 1.54) is 0 Å². The Balaban J connectivity index is 0.00000288. The van der Waals surface area contributed by atoms with Gasteiger partial charge in [-0.1, -0.05) is 43.5 Å². The van der Waals surface area contributed by atoms with Crippen molar-refractivity contribution in [1.82, 2.24) is 5.32 Å². The third-order valence-electron chi connectivity index (χ3n) is 4.30. The van der Waals surface area contributed by atoms with Crippen molar-refractivity contribution in [2.24, 2.45) is 11.7 Å². The summed E-state index contributed by atoms with van der Waals surface area (Å²) in [5.74, 6) is -0.376. The molecule has 1 aromatic carbocycles. The standard InChI is InChI=1S/C16H21Cl2N3O2.ClH/c1-3-9(2)14(19)15(22)20-13-6-7-21(16(13)23)10-4-5-11(17)12(18)8-10;/h4-5,8-9,13-14H,3,6-7,19H2,1-2H3,(H,20,22);1H. The minimum absolute atomic E-state index is 0. The van der Waals surface area contributed by atoms with Crippen molar-refractivity contribution >= 4 is 53.1 Å². The van der Waals surface area contributed by atoms with Gasteiger partial charge in [-0.2, -0.15) is 0 Å². The van der Waals surface area contributed by atoms with E-state index in [1.807, 2.05) is 13.8 Å². The Morgan fingerprint density at radius 1 is 1.42 bits per heavy atom. The Morgan fingerprint density at radius 3 is 2.67 bits per heavy atom. The van der Waals surface area contributed by atoms with Crippen LogP contribution in [-0.4, -0.2) is 30.4 Å². The number of rotatable bonds is 5. The molecule has 0 bridgehead atoms. The first-order valence-electron chi connectivity index (χ1n) is 7.67. The summed E-state index contributed by atoms with van der Waals surface area (Å²) in [5.41, 5.74) is 6.58. The highest BCUT2D eigenvalue weighted by Crippen LogP contribution is 2.29. The molecule has 3 unspecified atom stereocenters. The Labute approximate surface area is 158 Å². The Bertz CT molecular complexity index is 612. The number of amides is 2. The lowest BCUT2D eigenvalue weighted by molar-refractivity contribution is -0.128. The Hall–Kier alpha value is -1.01. The third-order valence-corrected chi connectivity index (χ3v) is 5.04. The SMILES string of the molecule is CCC(C)C(N)C(=O)NC1CCN(c2ccc(Cl)c(Cl)c2)C1=O.Cl. The molecule has 8 heteroatoms. The molecule has 24 heavy (non-hydrogen) atoms. The molecule has 0 radical (unpaired) electrons. The topological polar surface area (TPSA) is 75.4 Å². The summed E-state index contributed by atoms with van der Waals surface area (Å²) >= 11 is 11.9. The first-order chi connectivity index (χ1) is 10.8. The van der Waals surface area contributed by atoms with E-state index >= 15 is 0 Å². The second kappa shape index (κ2) is 8.90. The van der Waals surface area contributed by atoms with Gasteiger partial charge in [-0.15, -0.1) is 12.4 Å². The molecule has 1 saturated heterocycles. The van der Waals surface area contributed by atoms with Crippen molar-refractivity contribution in [2.75, 3.05) is 11.4 Å². The molecule has 3 N–H and O–H groups in total. The molecule has 1 aromatic rings. The lowest BCUT2D eigenvalue weighted by atomic mass is 9.99. The highest BCUT2D eigenvalue weighted by molar-refractivity contribution is 6.42. The van der Waals surface area contributed by atoms with Gasteiger partial charge in [0.15, 0.2) is 0 Å². The van der Waals surface area contributed by atoms with Crippen LogP contribution in [0.3, 0.4) is 0 Å². The van der Waals surface area contributed by atoms with Crippen LogP contribution in [-0.2, 0) is 9.59 Å². The lowest BCUT2D eigenvalue weighted by Crippen LogP contribution is -2.50. The van der Waals surface area contributed by atoms with Crippen LogP contribution in [0.2, 0.25) is 10.0 Å². The van der Waals surface area contributed by atoms with E-state index < -0.39 is 12.1 Å². The fourth-order valence-corrected chi connectivity index (χ4v) is 2.80. The first kappa shape index (κ1) is 21.0. The monoisotopic (exact) mass is 393 g/mol. The molecule has 0 aliphatic carbocycles. The van der Waals surface area contributed by atoms with Crippen molar-refractivity contribution < 1.29 is 9.59 Å². The van der Waals surface area contributed by atoms with Gasteiger partial charge in [-0.3, -0.25) is 9.59 Å². The normalized spacial score (nSPS) is 19.6. The quantitative estimate of drug-likeness (QED) is 0.806. The molecular formula is C16H22Cl3N3O2. The highest BCUT2D eigenvalue weighted by atomic mass is 35.5. The molecule has 1 aliphatic heterocycles. The number of nitrogens with two attached hydrogens (primary N) is 1. The van der Waals surface area contributed by atoms with Crippen LogP contribution in [0.5, 0.6) is 0 Å². The van der Waals surface area contributed by atoms with E-state index in [2.05, 4.69) is 5.32 Å². The maximum Gasteiger partial charge on any atom is 0.249 e. The maximum absolute atomic E-state index is 12.5. The number of carbonyl (C=O) groups is 2. The van der Waals surface area contributed by atoms with Crippen LogP contribution >= 0.6 is 35.6 Å². The molecule has 1 fully saturated rings. The number of halogens is 3. The van der Waals surface area contributed by atoms with Crippen molar-refractivity contribution in [2.45, 2.75) is 38.8 Å². The van der Waals surface area contributed by atoms with Gasteiger partial charge in [0.2, 0.25) is 11.8 Å². The molecule has 1 heterocycles. The van der Waals surface area contributed by atoms with Crippen molar-refractivity contribution in [3.05, 3.63) is 28.2 Å². The summed E-state index contributed by atoms with van der Waals surface area (Å²) in [6.07, 6.45) is 1.35. The third kappa shape index (κ3) is 4.54. The summed E-state index contributed by atoms with van der Waals surface area (Å²) in [4.78, 5) is 26.2. The number of anilines is 1. The van der Waals surface area contributed by atoms with Gasteiger partial charge in [0.1, 0.15) is 6.04 Å². The molecule has 3 atom stereocenters. The molecule has 5 nitrogen and oxygen atoms in total. The average molecular weight is 395 g/mol. The minimum atomic E-state index is -0.605. The number of nitrogens with zero attached hydrogens (tertiary/aromatic N) is 1. The van der Waals surface area contributed by atoms with Gasteiger partial charge in [0.25, 0.3) is 0 Å². The average Bonchev–Trinajstić information content (AvgIpc) is 2.89. The summed E-state index contributed by atoms with van der Waals surface area (Å²) in [7, 11) is 0. The summed E-state index contributed by atoms with van der Waals surface area (Å²) in [6, 6.07) is 3.88. The van der Waals surface area contributed by atoms with E-state index in [-0.39, 0.29) is 30.1 Å². The smallest absolute Gasteiger partial charge is 0.249 e. The molecule has 0 aromatic heterocycles. The predicted molar refractivity (Wildman–Crippen MR) is 100 cm³/mol. The summed E-state index contributed by atoms with van der Waals surface area (Å²) in [5, 5.41) is 3.58. The first-order valence-corrected chi connectivity index (χ1v) is 8.43. The van der Waals surface area contributed by atoms with Crippen molar-refractivity contribution in [1.29, 1.82) is 0 Å². The largest absolute Gasteiger partial charge is 0.343 e. The molecule has 2 rings (SSSR count). The zero-order valence-electron chi connectivity index (χ0n) is 13.6. The number of nitrogens with one attached hydrogen (secondary N) is 1. The van der Waals surface area contributed by atoms with E-state index in [9.17, 15) is 9.59 Å². The van der Waals surface area contributed by atoms with Crippen LogP contribution in [0.4, 0.5) is 5.69 Å². The van der Waals surface area contributed by atoms with E-state index in [0.717, 1.165) is 6.42 Å². The minimum Gasteiger partial charge on any atom is -0.343 e. The second-order valence-electron chi connectivity index (χ2n) is 5.85. The maximum atomic E-state index is 12.5. The van der Waals surface area contributed by atoms with E-state index in [0.29, 0.717) is 28.7 Å². The summed E-state index contributed by atoms with van der Waals surface area (Å²) < 4.78 is 0. The van der Waals surface area contributed by atoms with Gasteiger partial charge in [0.05, 0.1) is 16.1 Å². The van der Waals surface area contributed by atoms with Gasteiger partial charge >= 0.3 is 0 Å². The lowest BCUT2D eigenvalue weighted by Gasteiger charge is -2.21. The van der Waals surface area contributed by atoms with Crippen LogP contribution in [0.1, 0.15) is 26.7 Å². The van der Waals surface area contributed by atoms with Crippen LogP contribution in [0.25, 0.3) is 0 Å². The highest BCUT2D eigenvalue weighted by Gasteiger charge is 2.35. The molecule has 2 amide bonds. The molecule has 134 valence electrons. The molecule has 0 spiro atoms. The van der Waals surface area contributed by atoms with Crippen molar-refractivity contribution in [3.63, 3.8) is 0 Å². The van der Waals surface area contributed by atoms with Crippen LogP contribution in [0, 0.1) is 5.92 Å². The van der Waals surface area contributed by atoms with Crippen LogP contribution in [0.15, 0.2) is 18.2 Å². The van der Waals surface area contributed by atoms with Gasteiger partial charge < -0.3 is 16.0 Å². The van der Waals surface area contributed by atoms with Gasteiger partial charge in [-0.25, -0.2) is 0 Å². The molecule has 0 saturated carbocycles. The zero-order chi connectivity index (χ0) is 17.1. The second-order valence-corrected chi connectivity index (χ2v) is 6.66. The fraction of sp³-hybridized carbons (Fsp3) is 0.500. The zero-order valence-corrected chi connectivity index (χ0v) is 15.9. The number of carbonyl (C=O) groups excluding carboxylic acids is 2. The molecule has 1 aliphatic rings. The number of benzene rings is 1. The fourth-order valence-electron chi connectivity index (χ4n) is 2.50. The van der Waals surface area contributed by atoms with Crippen molar-refractivity contribution in [3.8, 4) is 0 Å². The predicted octanol–water partition coefficient (Wildman–Crippen LogP) is 3.01. The summed E-state index contributed by atoms with van der Waals surface area (Å²) in [6.45, 7) is 4.41. The molecular weight excluding hydrogens is 373 g/mol. The Morgan fingerprint density at radius 2 is 2.08 bits per heavy atom. The van der Waals surface area contributed by atoms with E-state index in [4.69, 9.17) is 28.9 Å².